The summed E-state index contributed by atoms with van der Waals surface area (Å²) in [5.41, 5.74) is 6.10. The molecule has 0 bridgehead atoms. The summed E-state index contributed by atoms with van der Waals surface area (Å²) in [4.78, 5) is 27.2. The maximum atomic E-state index is 12.6. The Bertz CT molecular complexity index is 862. The second-order valence-corrected chi connectivity index (χ2v) is 8.19. The molecule has 0 atom stereocenters. The predicted octanol–water partition coefficient (Wildman–Crippen LogP) is 4.35. The van der Waals surface area contributed by atoms with Crippen molar-refractivity contribution in [2.45, 2.75) is 53.0 Å². The molecule has 2 amide bonds. The summed E-state index contributed by atoms with van der Waals surface area (Å²) in [6, 6.07) is 12.4. The topological polar surface area (TPSA) is 61.4 Å². The SMILES string of the molecule is Cc1cc(C)cc(NC(=O)CCN(CC(=O)Nc2c(C)cccc2C)C2CC2)c1. The number of benzene rings is 2. The summed E-state index contributed by atoms with van der Waals surface area (Å²) in [6.07, 6.45) is 2.56. The van der Waals surface area contributed by atoms with Crippen LogP contribution in [0, 0.1) is 27.7 Å². The molecule has 154 valence electrons. The highest BCUT2D eigenvalue weighted by molar-refractivity contribution is 5.94. The predicted molar refractivity (Wildman–Crippen MR) is 118 cm³/mol. The number of amides is 2. The Morgan fingerprint density at radius 3 is 2.14 bits per heavy atom. The molecular formula is C24H31N3O2. The highest BCUT2D eigenvalue weighted by Gasteiger charge is 2.30. The lowest BCUT2D eigenvalue weighted by atomic mass is 10.1. The van der Waals surface area contributed by atoms with Crippen LogP contribution in [0.5, 0.6) is 0 Å². The lowest BCUT2D eigenvalue weighted by molar-refractivity contribution is -0.119. The number of nitrogens with one attached hydrogen (secondary N) is 2. The Labute approximate surface area is 173 Å². The van der Waals surface area contributed by atoms with E-state index in [1.165, 1.54) is 0 Å². The third-order valence-electron chi connectivity index (χ3n) is 5.29. The molecule has 3 rings (SSSR count). The second kappa shape index (κ2) is 9.23. The molecule has 2 aromatic carbocycles. The van der Waals surface area contributed by atoms with Crippen LogP contribution in [-0.2, 0) is 9.59 Å². The van der Waals surface area contributed by atoms with Gasteiger partial charge in [0.15, 0.2) is 0 Å². The first kappa shape index (κ1) is 21.1. The molecule has 1 aliphatic carbocycles. The molecule has 0 spiro atoms. The zero-order chi connectivity index (χ0) is 21.0. The number of anilines is 2. The zero-order valence-corrected chi connectivity index (χ0v) is 17.8. The fraction of sp³-hybridized carbons (Fsp3) is 0.417. The van der Waals surface area contributed by atoms with E-state index in [0.29, 0.717) is 25.6 Å². The van der Waals surface area contributed by atoms with Crippen LogP contribution in [0.3, 0.4) is 0 Å². The van der Waals surface area contributed by atoms with Crippen LogP contribution in [0.25, 0.3) is 0 Å². The quantitative estimate of drug-likeness (QED) is 0.701. The number of nitrogens with zero attached hydrogens (tertiary/aromatic N) is 1. The minimum absolute atomic E-state index is 0.0178. The molecule has 5 heteroatoms. The first-order chi connectivity index (χ1) is 13.8. The van der Waals surface area contributed by atoms with Gasteiger partial charge in [0.1, 0.15) is 0 Å². The van der Waals surface area contributed by atoms with E-state index in [0.717, 1.165) is 46.5 Å². The number of carbonyl (C=O) groups is 2. The van der Waals surface area contributed by atoms with Crippen LogP contribution < -0.4 is 10.6 Å². The van der Waals surface area contributed by atoms with Gasteiger partial charge in [0.2, 0.25) is 11.8 Å². The Morgan fingerprint density at radius 1 is 0.931 bits per heavy atom. The van der Waals surface area contributed by atoms with Crippen LogP contribution in [-0.4, -0.2) is 35.8 Å². The van der Waals surface area contributed by atoms with Gasteiger partial charge in [0.05, 0.1) is 6.54 Å². The van der Waals surface area contributed by atoms with Crippen LogP contribution in [0.1, 0.15) is 41.5 Å². The van der Waals surface area contributed by atoms with Crippen LogP contribution >= 0.6 is 0 Å². The minimum atomic E-state index is -0.0241. The van der Waals surface area contributed by atoms with Gasteiger partial charge in [-0.3, -0.25) is 14.5 Å². The highest BCUT2D eigenvalue weighted by atomic mass is 16.2. The van der Waals surface area contributed by atoms with Crippen molar-refractivity contribution >= 4 is 23.2 Å². The largest absolute Gasteiger partial charge is 0.326 e. The molecule has 0 heterocycles. The second-order valence-electron chi connectivity index (χ2n) is 8.19. The average Bonchev–Trinajstić information content (AvgIpc) is 3.46. The highest BCUT2D eigenvalue weighted by Crippen LogP contribution is 2.27. The summed E-state index contributed by atoms with van der Waals surface area (Å²) in [5, 5.41) is 6.03. The molecule has 2 aromatic rings. The number of aryl methyl sites for hydroxylation is 4. The first-order valence-corrected chi connectivity index (χ1v) is 10.3. The van der Waals surface area contributed by atoms with Gasteiger partial charge in [-0.15, -0.1) is 0 Å². The number of carbonyl (C=O) groups excluding carboxylic acids is 2. The molecule has 1 aliphatic rings. The summed E-state index contributed by atoms with van der Waals surface area (Å²) >= 11 is 0. The minimum Gasteiger partial charge on any atom is -0.326 e. The van der Waals surface area contributed by atoms with E-state index >= 15 is 0 Å². The normalized spacial score (nSPS) is 13.4. The van der Waals surface area contributed by atoms with Gasteiger partial charge >= 0.3 is 0 Å². The van der Waals surface area contributed by atoms with E-state index in [4.69, 9.17) is 0 Å². The van der Waals surface area contributed by atoms with Crippen molar-refractivity contribution in [3.8, 4) is 0 Å². The van der Waals surface area contributed by atoms with E-state index in [9.17, 15) is 9.59 Å². The van der Waals surface area contributed by atoms with Crippen molar-refractivity contribution in [1.29, 1.82) is 0 Å². The fourth-order valence-corrected chi connectivity index (χ4v) is 3.72. The summed E-state index contributed by atoms with van der Waals surface area (Å²) in [5.74, 6) is -0.0418. The first-order valence-electron chi connectivity index (χ1n) is 10.3. The van der Waals surface area contributed by atoms with Gasteiger partial charge in [0, 0.05) is 30.4 Å². The van der Waals surface area contributed by atoms with Crippen LogP contribution in [0.15, 0.2) is 36.4 Å². The van der Waals surface area contributed by atoms with Gasteiger partial charge in [0.25, 0.3) is 0 Å². The molecule has 1 fully saturated rings. The standard InChI is InChI=1S/C24H31N3O2/c1-16-12-17(2)14-20(13-16)25-22(28)10-11-27(21-8-9-21)15-23(29)26-24-18(3)6-5-7-19(24)4/h5-7,12-14,21H,8-11,15H2,1-4H3,(H,25,28)(H,26,29). The van der Waals surface area contributed by atoms with Gasteiger partial charge in [-0.25, -0.2) is 0 Å². The number of hydrogen-bond donors (Lipinski definition) is 2. The maximum Gasteiger partial charge on any atom is 0.238 e. The summed E-state index contributed by atoms with van der Waals surface area (Å²) in [6.45, 7) is 8.94. The van der Waals surface area contributed by atoms with Crippen molar-refractivity contribution in [2.75, 3.05) is 23.7 Å². The molecule has 0 saturated heterocycles. The molecule has 5 nitrogen and oxygen atoms in total. The average molecular weight is 394 g/mol. The number of para-hydroxylation sites is 1. The van der Waals surface area contributed by atoms with E-state index in [-0.39, 0.29) is 11.8 Å². The molecule has 0 unspecified atom stereocenters. The fourth-order valence-electron chi connectivity index (χ4n) is 3.72. The molecule has 0 radical (unpaired) electrons. The smallest absolute Gasteiger partial charge is 0.238 e. The third kappa shape index (κ3) is 6.16. The summed E-state index contributed by atoms with van der Waals surface area (Å²) < 4.78 is 0. The lowest BCUT2D eigenvalue weighted by Crippen LogP contribution is -2.37. The van der Waals surface area contributed by atoms with Crippen molar-refractivity contribution in [2.24, 2.45) is 0 Å². The van der Waals surface area contributed by atoms with Crippen molar-refractivity contribution in [3.05, 3.63) is 58.7 Å². The van der Waals surface area contributed by atoms with Crippen LogP contribution in [0.4, 0.5) is 11.4 Å². The van der Waals surface area contributed by atoms with E-state index < -0.39 is 0 Å². The Balaban J connectivity index is 1.53. The van der Waals surface area contributed by atoms with Gasteiger partial charge in [-0.2, -0.15) is 0 Å². The Kier molecular flexibility index (Phi) is 6.70. The third-order valence-corrected chi connectivity index (χ3v) is 5.29. The van der Waals surface area contributed by atoms with Crippen molar-refractivity contribution < 1.29 is 9.59 Å². The number of hydrogen-bond acceptors (Lipinski definition) is 3. The molecule has 2 N–H and O–H groups in total. The Morgan fingerprint density at radius 2 is 1.55 bits per heavy atom. The van der Waals surface area contributed by atoms with Gasteiger partial charge in [-0.1, -0.05) is 24.3 Å². The van der Waals surface area contributed by atoms with Gasteiger partial charge in [-0.05, 0) is 74.9 Å². The lowest BCUT2D eigenvalue weighted by Gasteiger charge is -2.22. The van der Waals surface area contributed by atoms with Crippen molar-refractivity contribution in [3.63, 3.8) is 0 Å². The van der Waals surface area contributed by atoms with Crippen molar-refractivity contribution in [1.82, 2.24) is 4.90 Å². The van der Waals surface area contributed by atoms with Crippen LogP contribution in [0.2, 0.25) is 0 Å². The molecule has 29 heavy (non-hydrogen) atoms. The molecule has 0 aliphatic heterocycles. The van der Waals surface area contributed by atoms with Gasteiger partial charge < -0.3 is 10.6 Å². The summed E-state index contributed by atoms with van der Waals surface area (Å²) in [7, 11) is 0. The maximum absolute atomic E-state index is 12.6. The molecular weight excluding hydrogens is 362 g/mol. The van der Waals surface area contributed by atoms with E-state index in [2.05, 4.69) is 21.6 Å². The number of rotatable bonds is 8. The van der Waals surface area contributed by atoms with E-state index in [1.54, 1.807) is 0 Å². The zero-order valence-electron chi connectivity index (χ0n) is 17.8. The Hall–Kier alpha value is -2.66. The molecule has 1 saturated carbocycles. The monoisotopic (exact) mass is 393 g/mol. The van der Waals surface area contributed by atoms with E-state index in [1.807, 2.05) is 58.0 Å². The molecule has 0 aromatic heterocycles.